The third-order valence-corrected chi connectivity index (χ3v) is 3.10. The summed E-state index contributed by atoms with van der Waals surface area (Å²) in [6, 6.07) is 8.62. The molecule has 1 rings (SSSR count). The van der Waals surface area contributed by atoms with Crippen LogP contribution >= 0.6 is 0 Å². The molecule has 0 bridgehead atoms. The standard InChI is InChI=1S/C16H23NO2/c1-5-10-17(3)14(2)13-15-6-8-16(9-7-15)19-12-11-18-4/h1,6-9,14H,10-13H2,2-4H3. The van der Waals surface area contributed by atoms with Crippen LogP contribution in [0.25, 0.3) is 0 Å². The van der Waals surface area contributed by atoms with Gasteiger partial charge >= 0.3 is 0 Å². The first kappa shape index (κ1) is 15.6. The number of hydrogen-bond acceptors (Lipinski definition) is 3. The number of terminal acetylenes is 1. The van der Waals surface area contributed by atoms with Crippen molar-refractivity contribution in [3.8, 4) is 18.1 Å². The lowest BCUT2D eigenvalue weighted by Crippen LogP contribution is -2.31. The van der Waals surface area contributed by atoms with Gasteiger partial charge in [-0.1, -0.05) is 18.1 Å². The summed E-state index contributed by atoms with van der Waals surface area (Å²) in [5.41, 5.74) is 1.29. The molecule has 0 saturated heterocycles. The second kappa shape index (κ2) is 8.58. The summed E-state index contributed by atoms with van der Waals surface area (Å²) in [5, 5.41) is 0. The smallest absolute Gasteiger partial charge is 0.119 e. The highest BCUT2D eigenvalue weighted by atomic mass is 16.5. The lowest BCUT2D eigenvalue weighted by molar-refractivity contribution is 0.146. The van der Waals surface area contributed by atoms with Gasteiger partial charge in [-0.25, -0.2) is 0 Å². The van der Waals surface area contributed by atoms with Gasteiger partial charge in [0, 0.05) is 13.2 Å². The molecule has 0 aliphatic carbocycles. The predicted octanol–water partition coefficient (Wildman–Crippen LogP) is 2.21. The van der Waals surface area contributed by atoms with Crippen molar-refractivity contribution in [3.05, 3.63) is 29.8 Å². The van der Waals surface area contributed by atoms with E-state index < -0.39 is 0 Å². The summed E-state index contributed by atoms with van der Waals surface area (Å²) in [6.07, 6.45) is 6.30. The van der Waals surface area contributed by atoms with E-state index in [4.69, 9.17) is 15.9 Å². The molecular formula is C16H23NO2. The lowest BCUT2D eigenvalue weighted by Gasteiger charge is -2.22. The van der Waals surface area contributed by atoms with Crippen LogP contribution in [0.2, 0.25) is 0 Å². The fourth-order valence-electron chi connectivity index (χ4n) is 1.76. The van der Waals surface area contributed by atoms with Crippen LogP contribution in [-0.4, -0.2) is 44.9 Å². The van der Waals surface area contributed by atoms with Crippen LogP contribution in [0.5, 0.6) is 5.75 Å². The highest BCUT2D eigenvalue weighted by Crippen LogP contribution is 2.14. The molecule has 0 aliphatic rings. The number of ether oxygens (including phenoxy) is 2. The average molecular weight is 261 g/mol. The fraction of sp³-hybridized carbons (Fsp3) is 0.500. The first-order chi connectivity index (χ1) is 9.17. The Kier molecular flexibility index (Phi) is 7.02. The Morgan fingerprint density at radius 2 is 1.95 bits per heavy atom. The van der Waals surface area contributed by atoms with Gasteiger partial charge < -0.3 is 9.47 Å². The number of rotatable bonds is 8. The van der Waals surface area contributed by atoms with Crippen LogP contribution in [0.1, 0.15) is 12.5 Å². The molecule has 104 valence electrons. The minimum atomic E-state index is 0.427. The summed E-state index contributed by atoms with van der Waals surface area (Å²) in [7, 11) is 3.72. The molecule has 0 aliphatic heterocycles. The van der Waals surface area contributed by atoms with Gasteiger partial charge in [-0.2, -0.15) is 0 Å². The monoisotopic (exact) mass is 261 g/mol. The number of methoxy groups -OCH3 is 1. The average Bonchev–Trinajstić information content (AvgIpc) is 2.41. The summed E-state index contributed by atoms with van der Waals surface area (Å²) in [4.78, 5) is 2.17. The van der Waals surface area contributed by atoms with Crippen molar-refractivity contribution >= 4 is 0 Å². The third kappa shape index (κ3) is 5.78. The van der Waals surface area contributed by atoms with Crippen molar-refractivity contribution in [3.63, 3.8) is 0 Å². The van der Waals surface area contributed by atoms with Crippen molar-refractivity contribution < 1.29 is 9.47 Å². The van der Waals surface area contributed by atoms with Crippen LogP contribution in [0.15, 0.2) is 24.3 Å². The molecule has 1 atom stereocenters. The molecule has 0 heterocycles. The molecule has 1 aromatic carbocycles. The summed E-state index contributed by atoms with van der Waals surface area (Å²) in [6.45, 7) is 4.05. The Morgan fingerprint density at radius 3 is 2.53 bits per heavy atom. The zero-order valence-electron chi connectivity index (χ0n) is 12.1. The van der Waals surface area contributed by atoms with E-state index in [2.05, 4.69) is 29.9 Å². The van der Waals surface area contributed by atoms with E-state index in [1.165, 1.54) is 5.56 Å². The molecule has 0 radical (unpaired) electrons. The van der Waals surface area contributed by atoms with Crippen LogP contribution in [-0.2, 0) is 11.2 Å². The summed E-state index contributed by atoms with van der Waals surface area (Å²) in [5.74, 6) is 3.55. The van der Waals surface area contributed by atoms with E-state index in [0.29, 0.717) is 25.8 Å². The molecule has 19 heavy (non-hydrogen) atoms. The molecule has 0 aromatic heterocycles. The third-order valence-electron chi connectivity index (χ3n) is 3.10. The van der Waals surface area contributed by atoms with Gasteiger partial charge in [0.05, 0.1) is 13.2 Å². The minimum Gasteiger partial charge on any atom is -0.491 e. The van der Waals surface area contributed by atoms with Gasteiger partial charge in [0.25, 0.3) is 0 Å². The van der Waals surface area contributed by atoms with Crippen molar-refractivity contribution in [2.75, 3.05) is 33.9 Å². The Morgan fingerprint density at radius 1 is 1.26 bits per heavy atom. The normalized spacial score (nSPS) is 12.2. The first-order valence-corrected chi connectivity index (χ1v) is 6.51. The lowest BCUT2D eigenvalue weighted by atomic mass is 10.1. The first-order valence-electron chi connectivity index (χ1n) is 6.51. The number of nitrogens with zero attached hydrogens (tertiary/aromatic N) is 1. The largest absolute Gasteiger partial charge is 0.491 e. The topological polar surface area (TPSA) is 21.7 Å². The number of likely N-dealkylation sites (N-methyl/N-ethyl adjacent to an activating group) is 1. The Hall–Kier alpha value is -1.50. The summed E-state index contributed by atoms with van der Waals surface area (Å²) < 4.78 is 10.5. The van der Waals surface area contributed by atoms with E-state index in [1.54, 1.807) is 7.11 Å². The Balaban J connectivity index is 2.45. The molecule has 0 N–H and O–H groups in total. The van der Waals surface area contributed by atoms with Gasteiger partial charge in [0.1, 0.15) is 12.4 Å². The van der Waals surface area contributed by atoms with Crippen LogP contribution in [0, 0.1) is 12.3 Å². The van der Waals surface area contributed by atoms with Crippen molar-refractivity contribution in [2.24, 2.45) is 0 Å². The van der Waals surface area contributed by atoms with Crippen molar-refractivity contribution in [1.29, 1.82) is 0 Å². The van der Waals surface area contributed by atoms with Gasteiger partial charge in [-0.3, -0.25) is 4.90 Å². The van der Waals surface area contributed by atoms with E-state index in [9.17, 15) is 0 Å². The molecule has 0 saturated carbocycles. The maximum Gasteiger partial charge on any atom is 0.119 e. The second-order valence-electron chi connectivity index (χ2n) is 4.66. The molecule has 1 aromatic rings. The minimum absolute atomic E-state index is 0.427. The number of hydrogen-bond donors (Lipinski definition) is 0. The van der Waals surface area contributed by atoms with Crippen LogP contribution < -0.4 is 4.74 Å². The van der Waals surface area contributed by atoms with Gasteiger partial charge in [-0.05, 0) is 38.1 Å². The predicted molar refractivity (Wildman–Crippen MR) is 78.4 cm³/mol. The maximum absolute atomic E-state index is 5.53. The Labute approximate surface area is 116 Å². The van der Waals surface area contributed by atoms with Crippen molar-refractivity contribution in [1.82, 2.24) is 4.90 Å². The molecule has 0 fully saturated rings. The van der Waals surface area contributed by atoms with E-state index >= 15 is 0 Å². The van der Waals surface area contributed by atoms with Gasteiger partial charge in [0.15, 0.2) is 0 Å². The van der Waals surface area contributed by atoms with E-state index in [-0.39, 0.29) is 0 Å². The SMILES string of the molecule is C#CCN(C)C(C)Cc1ccc(OCCOC)cc1. The zero-order valence-corrected chi connectivity index (χ0v) is 12.1. The number of benzene rings is 1. The zero-order chi connectivity index (χ0) is 14.1. The highest BCUT2D eigenvalue weighted by Gasteiger charge is 2.08. The van der Waals surface area contributed by atoms with Crippen LogP contribution in [0.3, 0.4) is 0 Å². The quantitative estimate of drug-likeness (QED) is 0.529. The molecule has 3 heteroatoms. The molecular weight excluding hydrogens is 238 g/mol. The van der Waals surface area contributed by atoms with Crippen molar-refractivity contribution in [2.45, 2.75) is 19.4 Å². The maximum atomic E-state index is 5.53. The molecule has 3 nitrogen and oxygen atoms in total. The fourth-order valence-corrected chi connectivity index (χ4v) is 1.76. The second-order valence-corrected chi connectivity index (χ2v) is 4.66. The highest BCUT2D eigenvalue weighted by molar-refractivity contribution is 5.27. The van der Waals surface area contributed by atoms with E-state index in [1.807, 2.05) is 19.2 Å². The van der Waals surface area contributed by atoms with E-state index in [0.717, 1.165) is 12.2 Å². The molecule has 1 unspecified atom stereocenters. The Bertz CT molecular complexity index is 394. The molecule has 0 spiro atoms. The summed E-state index contributed by atoms with van der Waals surface area (Å²) >= 11 is 0. The van der Waals surface area contributed by atoms with Gasteiger partial charge in [-0.15, -0.1) is 6.42 Å². The van der Waals surface area contributed by atoms with Crippen LogP contribution in [0.4, 0.5) is 0 Å². The molecule has 0 amide bonds. The van der Waals surface area contributed by atoms with Gasteiger partial charge in [0.2, 0.25) is 0 Å².